The van der Waals surface area contributed by atoms with E-state index in [4.69, 9.17) is 0 Å². The molecule has 12 heteroatoms. The van der Waals surface area contributed by atoms with Crippen molar-refractivity contribution in [3.8, 4) is 0 Å². The van der Waals surface area contributed by atoms with Gasteiger partial charge in [-0.05, 0) is 55.4 Å². The van der Waals surface area contributed by atoms with Gasteiger partial charge < -0.3 is 0 Å². The Morgan fingerprint density at radius 1 is 0.414 bits per heavy atom. The molecule has 0 aliphatic carbocycles. The summed E-state index contributed by atoms with van der Waals surface area (Å²) in [6, 6.07) is 0. The van der Waals surface area contributed by atoms with Crippen molar-refractivity contribution in [1.29, 1.82) is 0 Å². The molecular formula is C17H36O8S4. The van der Waals surface area contributed by atoms with Crippen molar-refractivity contribution in [1.82, 2.24) is 0 Å². The Labute approximate surface area is 177 Å². The molecule has 0 aromatic carbocycles. The van der Waals surface area contributed by atoms with Gasteiger partial charge >= 0.3 is 0 Å². The fourth-order valence-electron chi connectivity index (χ4n) is 2.62. The van der Waals surface area contributed by atoms with Crippen LogP contribution in [0, 0.1) is 5.41 Å². The van der Waals surface area contributed by atoms with Crippen LogP contribution in [0.5, 0.6) is 0 Å². The average molecular weight is 497 g/mol. The first-order chi connectivity index (χ1) is 12.6. The zero-order valence-corrected chi connectivity index (χ0v) is 21.8. The summed E-state index contributed by atoms with van der Waals surface area (Å²) in [6.45, 7) is 11.2. The van der Waals surface area contributed by atoms with E-state index in [1.54, 1.807) is 0 Å². The van der Waals surface area contributed by atoms with E-state index in [2.05, 4.69) is 0 Å². The van der Waals surface area contributed by atoms with Gasteiger partial charge in [0, 0.05) is 5.41 Å². The van der Waals surface area contributed by atoms with Gasteiger partial charge in [0.2, 0.25) is 0 Å². The largest absolute Gasteiger partial charge is 0.229 e. The Kier molecular flexibility index (Phi) is 9.45. The molecule has 0 fully saturated rings. The first-order valence-corrected chi connectivity index (χ1v) is 16.3. The quantitative estimate of drug-likeness (QED) is 0.394. The van der Waals surface area contributed by atoms with Gasteiger partial charge in [-0.3, -0.25) is 0 Å². The van der Waals surface area contributed by atoms with Crippen LogP contribution in [0.4, 0.5) is 0 Å². The van der Waals surface area contributed by atoms with Crippen LogP contribution >= 0.6 is 0 Å². The number of hydrogen-bond donors (Lipinski definition) is 0. The predicted molar refractivity (Wildman–Crippen MR) is 118 cm³/mol. The van der Waals surface area contributed by atoms with Crippen LogP contribution in [0.1, 0.15) is 55.4 Å². The molecular weight excluding hydrogens is 460 g/mol. The molecule has 0 N–H and O–H groups in total. The smallest absolute Gasteiger partial charge is 0.153 e. The van der Waals surface area contributed by atoms with Crippen molar-refractivity contribution in [3.63, 3.8) is 0 Å². The fraction of sp³-hybridized carbons (Fsp3) is 1.00. The molecule has 8 nitrogen and oxygen atoms in total. The van der Waals surface area contributed by atoms with Crippen LogP contribution < -0.4 is 0 Å². The molecule has 0 bridgehead atoms. The summed E-state index contributed by atoms with van der Waals surface area (Å²) < 4.78 is 102. The lowest BCUT2D eigenvalue weighted by atomic mass is 9.99. The third-order valence-corrected chi connectivity index (χ3v) is 14.7. The van der Waals surface area contributed by atoms with Crippen LogP contribution in [0.25, 0.3) is 0 Å². The van der Waals surface area contributed by atoms with Crippen molar-refractivity contribution in [3.05, 3.63) is 0 Å². The zero-order chi connectivity index (χ0) is 23.6. The molecule has 0 aromatic heterocycles. The predicted octanol–water partition coefficient (Wildman–Crippen LogP) is 1.27. The summed E-state index contributed by atoms with van der Waals surface area (Å²) in [7, 11) is -15.8. The standard InChI is InChI=1S/C17H36O8S4/c1-13(2)26(18,19)9-17(10-27(20,21)14(3)4,11-28(22,23)15(5)6)12-29(24,25)16(7)8/h13-16H,9-12H2,1-8H3. The van der Waals surface area contributed by atoms with E-state index in [1.807, 2.05) is 0 Å². The van der Waals surface area contributed by atoms with Crippen LogP contribution in [0.3, 0.4) is 0 Å². The Balaban J connectivity index is 6.93. The zero-order valence-electron chi connectivity index (χ0n) is 18.5. The maximum atomic E-state index is 12.7. The molecule has 0 heterocycles. The highest BCUT2D eigenvalue weighted by Gasteiger charge is 2.48. The van der Waals surface area contributed by atoms with Gasteiger partial charge in [-0.25, -0.2) is 33.7 Å². The first-order valence-electron chi connectivity index (χ1n) is 9.46. The van der Waals surface area contributed by atoms with Crippen molar-refractivity contribution >= 4 is 39.3 Å². The summed E-state index contributed by atoms with van der Waals surface area (Å²) in [4.78, 5) is 0. The fourth-order valence-corrected chi connectivity index (χ4v) is 9.37. The number of rotatable bonds is 12. The topological polar surface area (TPSA) is 137 Å². The van der Waals surface area contributed by atoms with Crippen LogP contribution in [-0.2, 0) is 39.3 Å². The van der Waals surface area contributed by atoms with E-state index >= 15 is 0 Å². The normalized spacial score (nSPS) is 15.0. The number of sulfone groups is 4. The molecule has 29 heavy (non-hydrogen) atoms. The molecule has 0 aliphatic rings. The molecule has 0 aliphatic heterocycles. The van der Waals surface area contributed by atoms with Gasteiger partial charge in [-0.2, -0.15) is 0 Å². The molecule has 0 atom stereocenters. The summed E-state index contributed by atoms with van der Waals surface area (Å²) in [5.74, 6) is -3.33. The SMILES string of the molecule is CC(C)S(=O)(=O)CC(CS(=O)(=O)C(C)C)(CS(=O)(=O)C(C)C)CS(=O)(=O)C(C)C. The second-order valence-electron chi connectivity index (χ2n) is 8.92. The Morgan fingerprint density at radius 3 is 0.655 bits per heavy atom. The molecule has 0 aromatic rings. The summed E-state index contributed by atoms with van der Waals surface area (Å²) >= 11 is 0. The second kappa shape index (κ2) is 9.52. The van der Waals surface area contributed by atoms with Gasteiger partial charge in [0.25, 0.3) is 0 Å². The Bertz CT molecular complexity index is 803. The second-order valence-corrected chi connectivity index (χ2v) is 19.2. The highest BCUT2D eigenvalue weighted by molar-refractivity contribution is 7.94. The summed E-state index contributed by atoms with van der Waals surface area (Å²) in [6.07, 6.45) is 0. The van der Waals surface area contributed by atoms with Crippen LogP contribution in [0.15, 0.2) is 0 Å². The Hall–Kier alpha value is -0.200. The molecule has 0 rings (SSSR count). The lowest BCUT2D eigenvalue weighted by Crippen LogP contribution is -2.51. The van der Waals surface area contributed by atoms with Crippen molar-refractivity contribution in [2.45, 2.75) is 76.4 Å². The van der Waals surface area contributed by atoms with Gasteiger partial charge in [-0.15, -0.1) is 0 Å². The third-order valence-electron chi connectivity index (χ3n) is 4.90. The minimum atomic E-state index is -3.94. The van der Waals surface area contributed by atoms with E-state index < -0.39 is 88.8 Å². The molecule has 0 radical (unpaired) electrons. The summed E-state index contributed by atoms with van der Waals surface area (Å²) in [5, 5.41) is -3.64. The van der Waals surface area contributed by atoms with Gasteiger partial charge in [-0.1, -0.05) is 0 Å². The van der Waals surface area contributed by atoms with Crippen molar-refractivity contribution in [2.75, 3.05) is 23.0 Å². The van der Waals surface area contributed by atoms with Gasteiger partial charge in [0.05, 0.1) is 44.0 Å². The lowest BCUT2D eigenvalue weighted by Gasteiger charge is -2.35. The van der Waals surface area contributed by atoms with Crippen LogP contribution in [-0.4, -0.2) is 77.7 Å². The number of hydrogen-bond acceptors (Lipinski definition) is 8. The minimum Gasteiger partial charge on any atom is -0.229 e. The maximum absolute atomic E-state index is 12.7. The van der Waals surface area contributed by atoms with Gasteiger partial charge in [0.1, 0.15) is 0 Å². The maximum Gasteiger partial charge on any atom is 0.153 e. The summed E-state index contributed by atoms with van der Waals surface area (Å²) in [5.41, 5.74) is -1.99. The third kappa shape index (κ3) is 8.10. The molecule has 0 spiro atoms. The van der Waals surface area contributed by atoms with E-state index in [1.165, 1.54) is 55.4 Å². The molecule has 0 unspecified atom stereocenters. The average Bonchev–Trinajstić information content (AvgIpc) is 2.43. The highest BCUT2D eigenvalue weighted by atomic mass is 32.2. The minimum absolute atomic E-state index is 0.832. The Morgan fingerprint density at radius 2 is 0.552 bits per heavy atom. The van der Waals surface area contributed by atoms with Crippen molar-refractivity contribution in [2.24, 2.45) is 5.41 Å². The van der Waals surface area contributed by atoms with E-state index in [-0.39, 0.29) is 0 Å². The van der Waals surface area contributed by atoms with Crippen molar-refractivity contribution < 1.29 is 33.7 Å². The lowest BCUT2D eigenvalue weighted by molar-refractivity contribution is 0.442. The first kappa shape index (κ1) is 28.8. The monoisotopic (exact) mass is 496 g/mol. The molecule has 0 amide bonds. The molecule has 176 valence electrons. The van der Waals surface area contributed by atoms with E-state index in [9.17, 15) is 33.7 Å². The van der Waals surface area contributed by atoms with E-state index in [0.29, 0.717) is 0 Å². The van der Waals surface area contributed by atoms with Gasteiger partial charge in [0.15, 0.2) is 39.3 Å². The molecule has 0 saturated carbocycles. The van der Waals surface area contributed by atoms with E-state index in [0.717, 1.165) is 0 Å². The molecule has 0 saturated heterocycles. The highest BCUT2D eigenvalue weighted by Crippen LogP contribution is 2.32. The van der Waals surface area contributed by atoms with Crippen LogP contribution in [0.2, 0.25) is 0 Å².